The van der Waals surface area contributed by atoms with Crippen molar-refractivity contribution in [3.8, 4) is 0 Å². The van der Waals surface area contributed by atoms with Crippen LogP contribution in [0.15, 0.2) is 48.9 Å². The molecule has 5 nitrogen and oxygen atoms in total. The van der Waals surface area contributed by atoms with Crippen LogP contribution >= 0.6 is 0 Å². The topological polar surface area (TPSA) is 50.3 Å². The molecule has 2 aromatic rings. The quantitative estimate of drug-likeness (QED) is 0.877. The average Bonchev–Trinajstić information content (AvgIpc) is 3.06. The van der Waals surface area contributed by atoms with E-state index in [1.165, 1.54) is 5.56 Å². The molecule has 25 heavy (non-hydrogen) atoms. The van der Waals surface area contributed by atoms with Crippen LogP contribution < -0.4 is 5.32 Å². The van der Waals surface area contributed by atoms with Crippen LogP contribution in [0.5, 0.6) is 0 Å². The summed E-state index contributed by atoms with van der Waals surface area (Å²) in [5, 5.41) is 3.47. The number of likely N-dealkylation sites (tertiary alicyclic amines) is 1. The highest BCUT2D eigenvalue weighted by Gasteiger charge is 2.47. The van der Waals surface area contributed by atoms with Crippen molar-refractivity contribution in [1.29, 1.82) is 0 Å². The van der Waals surface area contributed by atoms with Gasteiger partial charge in [-0.05, 0) is 49.1 Å². The summed E-state index contributed by atoms with van der Waals surface area (Å²) in [7, 11) is 0. The third-order valence-electron chi connectivity index (χ3n) is 5.60. The first-order valence-electron chi connectivity index (χ1n) is 9.22. The number of pyridine rings is 2. The Labute approximate surface area is 149 Å². The summed E-state index contributed by atoms with van der Waals surface area (Å²) in [5.41, 5.74) is 1.61. The molecule has 4 heterocycles. The zero-order valence-electron chi connectivity index (χ0n) is 14.6. The third-order valence-corrected chi connectivity index (χ3v) is 5.60. The molecule has 2 aliphatic heterocycles. The Bertz CT molecular complexity index is 666. The minimum absolute atomic E-state index is 0.271. The second kappa shape index (κ2) is 7.50. The van der Waals surface area contributed by atoms with Crippen LogP contribution in [-0.2, 0) is 11.3 Å². The summed E-state index contributed by atoms with van der Waals surface area (Å²) >= 11 is 0. The highest BCUT2D eigenvalue weighted by Crippen LogP contribution is 2.43. The van der Waals surface area contributed by atoms with Crippen LogP contribution in [0.4, 0.5) is 5.82 Å². The smallest absolute Gasteiger partial charge is 0.125 e. The fourth-order valence-electron chi connectivity index (χ4n) is 4.29. The molecule has 0 aromatic carbocycles. The summed E-state index contributed by atoms with van der Waals surface area (Å²) in [4.78, 5) is 11.1. The van der Waals surface area contributed by atoms with Crippen molar-refractivity contribution in [2.75, 3.05) is 31.6 Å². The Kier molecular flexibility index (Phi) is 4.95. The van der Waals surface area contributed by atoms with Gasteiger partial charge in [0.25, 0.3) is 0 Å². The second-order valence-corrected chi connectivity index (χ2v) is 7.22. The van der Waals surface area contributed by atoms with Crippen LogP contribution in [0.25, 0.3) is 0 Å². The fraction of sp³-hybridized carbons (Fsp3) is 0.500. The van der Waals surface area contributed by atoms with Crippen molar-refractivity contribution in [2.45, 2.75) is 31.9 Å². The van der Waals surface area contributed by atoms with E-state index >= 15 is 0 Å². The van der Waals surface area contributed by atoms with E-state index in [4.69, 9.17) is 4.74 Å². The van der Waals surface area contributed by atoms with Crippen molar-refractivity contribution in [3.63, 3.8) is 0 Å². The van der Waals surface area contributed by atoms with E-state index in [1.807, 2.05) is 36.8 Å². The molecular formula is C20H26N4O. The summed E-state index contributed by atoms with van der Waals surface area (Å²) in [6.45, 7) is 5.08. The van der Waals surface area contributed by atoms with Gasteiger partial charge in [-0.15, -0.1) is 0 Å². The first-order chi connectivity index (χ1) is 12.3. The van der Waals surface area contributed by atoms with E-state index in [9.17, 15) is 0 Å². The number of nitrogens with one attached hydrogen (secondary N) is 1. The lowest BCUT2D eigenvalue weighted by Gasteiger charge is -2.44. The fourth-order valence-corrected chi connectivity index (χ4v) is 4.29. The molecule has 1 N–H and O–H groups in total. The normalized spacial score (nSPS) is 26.3. The maximum absolute atomic E-state index is 6.08. The number of ether oxygens (including phenoxy) is 1. The van der Waals surface area contributed by atoms with Gasteiger partial charge >= 0.3 is 0 Å². The van der Waals surface area contributed by atoms with Crippen LogP contribution in [0.2, 0.25) is 0 Å². The van der Waals surface area contributed by atoms with Crippen LogP contribution in [-0.4, -0.2) is 47.2 Å². The van der Waals surface area contributed by atoms with E-state index in [1.54, 1.807) is 0 Å². The van der Waals surface area contributed by atoms with Crippen LogP contribution in [0.1, 0.15) is 24.8 Å². The Morgan fingerprint density at radius 2 is 2.12 bits per heavy atom. The molecule has 5 heteroatoms. The van der Waals surface area contributed by atoms with E-state index < -0.39 is 0 Å². The Hall–Kier alpha value is -1.98. The number of piperidine rings is 1. The van der Waals surface area contributed by atoms with Gasteiger partial charge in [-0.2, -0.15) is 0 Å². The molecule has 0 aliphatic carbocycles. The molecule has 0 bridgehead atoms. The lowest BCUT2D eigenvalue weighted by molar-refractivity contribution is -0.0228. The van der Waals surface area contributed by atoms with Gasteiger partial charge in [0, 0.05) is 56.8 Å². The van der Waals surface area contributed by atoms with Gasteiger partial charge in [0.1, 0.15) is 5.82 Å². The molecule has 4 rings (SSSR count). The van der Waals surface area contributed by atoms with Crippen LogP contribution in [0, 0.1) is 5.41 Å². The number of hydrogen-bond donors (Lipinski definition) is 1. The highest BCUT2D eigenvalue weighted by molar-refractivity contribution is 5.32. The molecule has 2 fully saturated rings. The molecule has 2 atom stereocenters. The first kappa shape index (κ1) is 16.5. The molecule has 2 saturated heterocycles. The molecule has 2 aliphatic rings. The second-order valence-electron chi connectivity index (χ2n) is 7.22. The van der Waals surface area contributed by atoms with Gasteiger partial charge in [-0.25, -0.2) is 4.98 Å². The summed E-state index contributed by atoms with van der Waals surface area (Å²) in [5.74, 6) is 0.957. The standard InChI is InChI=1S/C20H26N4O/c1-2-9-22-19(3-1)23-12-7-20-8-14-25-18(20)6-13-24(16-20)15-17-4-10-21-11-5-17/h1-5,9-11,18H,6-8,12-16H2,(H,22,23)/t18-,20+/m1/s1. The molecule has 0 amide bonds. The van der Waals surface area contributed by atoms with E-state index in [2.05, 4.69) is 32.3 Å². The van der Waals surface area contributed by atoms with E-state index in [0.29, 0.717) is 6.10 Å². The van der Waals surface area contributed by atoms with Crippen molar-refractivity contribution >= 4 is 5.82 Å². The van der Waals surface area contributed by atoms with Crippen molar-refractivity contribution in [3.05, 3.63) is 54.5 Å². The summed E-state index contributed by atoms with van der Waals surface area (Å²) in [6, 6.07) is 10.2. The molecule has 0 unspecified atom stereocenters. The number of hydrogen-bond acceptors (Lipinski definition) is 5. The third kappa shape index (κ3) is 3.83. The Morgan fingerprint density at radius 3 is 2.96 bits per heavy atom. The predicted molar refractivity (Wildman–Crippen MR) is 98.3 cm³/mol. The lowest BCUT2D eigenvalue weighted by Crippen LogP contribution is -2.49. The van der Waals surface area contributed by atoms with Gasteiger partial charge in [0.05, 0.1) is 6.10 Å². The van der Waals surface area contributed by atoms with Gasteiger partial charge in [0.15, 0.2) is 0 Å². The minimum atomic E-state index is 0.271. The zero-order valence-corrected chi connectivity index (χ0v) is 14.6. The van der Waals surface area contributed by atoms with Gasteiger partial charge in [-0.3, -0.25) is 9.88 Å². The number of anilines is 1. The molecule has 0 saturated carbocycles. The minimum Gasteiger partial charge on any atom is -0.378 e. The van der Waals surface area contributed by atoms with Gasteiger partial charge in [0.2, 0.25) is 0 Å². The number of nitrogens with zero attached hydrogens (tertiary/aromatic N) is 3. The van der Waals surface area contributed by atoms with Gasteiger partial charge in [-0.1, -0.05) is 6.07 Å². The monoisotopic (exact) mass is 338 g/mol. The summed E-state index contributed by atoms with van der Waals surface area (Å²) in [6.07, 6.45) is 9.43. The lowest BCUT2D eigenvalue weighted by atomic mass is 9.74. The highest BCUT2D eigenvalue weighted by atomic mass is 16.5. The van der Waals surface area contributed by atoms with Crippen molar-refractivity contribution in [2.24, 2.45) is 5.41 Å². The molecular weight excluding hydrogens is 312 g/mol. The molecule has 2 aromatic heterocycles. The maximum atomic E-state index is 6.08. The molecule has 0 spiro atoms. The van der Waals surface area contributed by atoms with E-state index in [0.717, 1.165) is 57.9 Å². The van der Waals surface area contributed by atoms with Crippen molar-refractivity contribution in [1.82, 2.24) is 14.9 Å². The number of aromatic nitrogens is 2. The van der Waals surface area contributed by atoms with Crippen LogP contribution in [0.3, 0.4) is 0 Å². The van der Waals surface area contributed by atoms with E-state index in [-0.39, 0.29) is 5.41 Å². The molecule has 132 valence electrons. The zero-order chi connectivity index (χ0) is 17.0. The first-order valence-corrected chi connectivity index (χ1v) is 9.22. The largest absolute Gasteiger partial charge is 0.378 e. The average molecular weight is 338 g/mol. The van der Waals surface area contributed by atoms with Crippen molar-refractivity contribution < 1.29 is 4.74 Å². The number of rotatable bonds is 6. The van der Waals surface area contributed by atoms with Gasteiger partial charge < -0.3 is 10.1 Å². The Balaban J connectivity index is 1.38. The predicted octanol–water partition coefficient (Wildman–Crippen LogP) is 2.96. The number of fused-ring (bicyclic) bond motifs is 1. The molecule has 0 radical (unpaired) electrons. The summed E-state index contributed by atoms with van der Waals surface area (Å²) < 4.78 is 6.08. The SMILES string of the molecule is c1ccc(NCC[C@@]23CCO[C@@H]2CCN(Cc2ccncc2)C3)nc1. The Morgan fingerprint density at radius 1 is 1.20 bits per heavy atom. The maximum Gasteiger partial charge on any atom is 0.125 e.